The van der Waals surface area contributed by atoms with Crippen LogP contribution in [0.3, 0.4) is 0 Å². The second kappa shape index (κ2) is 4.81. The Labute approximate surface area is 98.5 Å². The number of halogens is 1. The molecular weight excluding hydrogens is 224 g/mol. The molecule has 2 aromatic rings. The highest BCUT2D eigenvalue weighted by Gasteiger charge is 1.96. The number of nitrogens with one attached hydrogen (secondary N) is 1. The van der Waals surface area contributed by atoms with E-state index in [1.807, 2.05) is 24.3 Å². The van der Waals surface area contributed by atoms with Crippen molar-refractivity contribution in [2.24, 2.45) is 0 Å². The van der Waals surface area contributed by atoms with E-state index in [2.05, 4.69) is 15.3 Å². The zero-order valence-electron chi connectivity index (χ0n) is 8.52. The van der Waals surface area contributed by atoms with Gasteiger partial charge in [-0.05, 0) is 17.7 Å². The van der Waals surface area contributed by atoms with Gasteiger partial charge in [0.25, 0.3) is 0 Å². The van der Waals surface area contributed by atoms with E-state index in [0.717, 1.165) is 10.6 Å². The predicted octanol–water partition coefficient (Wildman–Crippen LogP) is 2.32. The zero-order chi connectivity index (χ0) is 11.4. The van der Waals surface area contributed by atoms with Gasteiger partial charge in [-0.15, -0.1) is 0 Å². The van der Waals surface area contributed by atoms with Crippen LogP contribution in [0.2, 0.25) is 5.02 Å². The van der Waals surface area contributed by atoms with E-state index < -0.39 is 0 Å². The topological polar surface area (TPSA) is 63.8 Å². The fraction of sp³-hybridized carbons (Fsp3) is 0.0909. The Morgan fingerprint density at radius 2 is 1.75 bits per heavy atom. The van der Waals surface area contributed by atoms with Gasteiger partial charge in [0.05, 0.1) is 18.1 Å². The van der Waals surface area contributed by atoms with Gasteiger partial charge in [-0.3, -0.25) is 0 Å². The SMILES string of the molecule is Nc1cnc(NCc2ccc(Cl)cc2)nc1. The highest BCUT2D eigenvalue weighted by Crippen LogP contribution is 2.10. The van der Waals surface area contributed by atoms with Gasteiger partial charge >= 0.3 is 0 Å². The molecule has 16 heavy (non-hydrogen) atoms. The van der Waals surface area contributed by atoms with Crippen molar-refractivity contribution < 1.29 is 0 Å². The van der Waals surface area contributed by atoms with Gasteiger partial charge in [-0.1, -0.05) is 23.7 Å². The Morgan fingerprint density at radius 1 is 1.12 bits per heavy atom. The van der Waals surface area contributed by atoms with Crippen molar-refractivity contribution >= 4 is 23.2 Å². The third-order valence-electron chi connectivity index (χ3n) is 2.04. The number of hydrogen-bond acceptors (Lipinski definition) is 4. The summed E-state index contributed by atoms with van der Waals surface area (Å²) in [5, 5.41) is 3.82. The Balaban J connectivity index is 1.97. The standard InChI is InChI=1S/C11H11ClN4/c12-9-3-1-8(2-4-9)5-14-11-15-6-10(13)7-16-11/h1-4,6-7H,5,13H2,(H,14,15,16). The number of rotatable bonds is 3. The summed E-state index contributed by atoms with van der Waals surface area (Å²) in [5.41, 5.74) is 7.15. The molecule has 5 heteroatoms. The smallest absolute Gasteiger partial charge is 0.222 e. The van der Waals surface area contributed by atoms with Crippen LogP contribution in [0.5, 0.6) is 0 Å². The van der Waals surface area contributed by atoms with Crippen LogP contribution in [0.4, 0.5) is 11.6 Å². The molecule has 0 unspecified atom stereocenters. The van der Waals surface area contributed by atoms with Crippen molar-refractivity contribution in [3.63, 3.8) is 0 Å². The molecule has 0 fully saturated rings. The molecular formula is C11H11ClN4. The minimum absolute atomic E-state index is 0.553. The summed E-state index contributed by atoms with van der Waals surface area (Å²) < 4.78 is 0. The van der Waals surface area contributed by atoms with Crippen LogP contribution in [-0.4, -0.2) is 9.97 Å². The molecule has 0 spiro atoms. The van der Waals surface area contributed by atoms with E-state index in [-0.39, 0.29) is 0 Å². The second-order valence-electron chi connectivity index (χ2n) is 3.32. The van der Waals surface area contributed by atoms with Gasteiger partial charge in [0, 0.05) is 11.6 Å². The lowest BCUT2D eigenvalue weighted by Crippen LogP contribution is -2.03. The first-order valence-electron chi connectivity index (χ1n) is 4.80. The van der Waals surface area contributed by atoms with Gasteiger partial charge in [0.15, 0.2) is 0 Å². The average Bonchev–Trinajstić information content (AvgIpc) is 2.30. The number of nitrogens with two attached hydrogens (primary N) is 1. The van der Waals surface area contributed by atoms with Gasteiger partial charge < -0.3 is 11.1 Å². The van der Waals surface area contributed by atoms with E-state index in [1.165, 1.54) is 0 Å². The maximum absolute atomic E-state index is 5.79. The fourth-order valence-electron chi connectivity index (χ4n) is 1.21. The van der Waals surface area contributed by atoms with Crippen molar-refractivity contribution in [1.82, 2.24) is 9.97 Å². The maximum atomic E-state index is 5.79. The number of aromatic nitrogens is 2. The molecule has 1 aromatic carbocycles. The monoisotopic (exact) mass is 234 g/mol. The average molecular weight is 235 g/mol. The van der Waals surface area contributed by atoms with E-state index >= 15 is 0 Å². The van der Waals surface area contributed by atoms with E-state index in [4.69, 9.17) is 17.3 Å². The molecule has 0 saturated carbocycles. The summed E-state index contributed by atoms with van der Waals surface area (Å²) >= 11 is 5.79. The van der Waals surface area contributed by atoms with Crippen molar-refractivity contribution in [1.29, 1.82) is 0 Å². The molecule has 0 saturated heterocycles. The predicted molar refractivity (Wildman–Crippen MR) is 65.2 cm³/mol. The van der Waals surface area contributed by atoms with Crippen LogP contribution in [0.25, 0.3) is 0 Å². The molecule has 0 bridgehead atoms. The van der Waals surface area contributed by atoms with Gasteiger partial charge in [0.2, 0.25) is 5.95 Å². The van der Waals surface area contributed by atoms with E-state index in [1.54, 1.807) is 12.4 Å². The molecule has 4 nitrogen and oxygen atoms in total. The number of hydrogen-bond donors (Lipinski definition) is 2. The molecule has 0 aliphatic carbocycles. The Morgan fingerprint density at radius 3 is 2.38 bits per heavy atom. The van der Waals surface area contributed by atoms with Crippen molar-refractivity contribution in [3.8, 4) is 0 Å². The Kier molecular flexibility index (Phi) is 3.22. The molecule has 0 radical (unpaired) electrons. The minimum Gasteiger partial charge on any atom is -0.396 e. The minimum atomic E-state index is 0.553. The summed E-state index contributed by atoms with van der Waals surface area (Å²) in [5.74, 6) is 0.559. The normalized spacial score (nSPS) is 10.1. The zero-order valence-corrected chi connectivity index (χ0v) is 9.28. The van der Waals surface area contributed by atoms with Crippen LogP contribution in [-0.2, 0) is 6.54 Å². The van der Waals surface area contributed by atoms with Crippen LogP contribution in [0, 0.1) is 0 Å². The maximum Gasteiger partial charge on any atom is 0.222 e. The van der Waals surface area contributed by atoms with Crippen LogP contribution >= 0.6 is 11.6 Å². The third-order valence-corrected chi connectivity index (χ3v) is 2.29. The highest BCUT2D eigenvalue weighted by atomic mass is 35.5. The molecule has 82 valence electrons. The molecule has 2 rings (SSSR count). The van der Waals surface area contributed by atoms with Gasteiger partial charge in [-0.25, -0.2) is 9.97 Å². The summed E-state index contributed by atoms with van der Waals surface area (Å²) in [6, 6.07) is 7.60. The number of anilines is 2. The number of nitrogen functional groups attached to an aromatic ring is 1. The first-order valence-corrected chi connectivity index (χ1v) is 5.18. The summed E-state index contributed by atoms with van der Waals surface area (Å²) in [6.45, 7) is 0.654. The lowest BCUT2D eigenvalue weighted by Gasteiger charge is -2.04. The van der Waals surface area contributed by atoms with Crippen molar-refractivity contribution in [2.45, 2.75) is 6.54 Å². The largest absolute Gasteiger partial charge is 0.396 e. The molecule has 3 N–H and O–H groups in total. The van der Waals surface area contributed by atoms with Crippen molar-refractivity contribution in [2.75, 3.05) is 11.1 Å². The number of benzene rings is 1. The molecule has 0 atom stereocenters. The molecule has 0 amide bonds. The lowest BCUT2D eigenvalue weighted by molar-refractivity contribution is 1.06. The van der Waals surface area contributed by atoms with Gasteiger partial charge in [-0.2, -0.15) is 0 Å². The van der Waals surface area contributed by atoms with Crippen LogP contribution in [0.15, 0.2) is 36.7 Å². The highest BCUT2D eigenvalue weighted by molar-refractivity contribution is 6.30. The van der Waals surface area contributed by atoms with Gasteiger partial charge in [0.1, 0.15) is 0 Å². The molecule has 0 aliphatic rings. The summed E-state index contributed by atoms with van der Waals surface area (Å²) in [7, 11) is 0. The Hall–Kier alpha value is -1.81. The first kappa shape index (κ1) is 10.7. The van der Waals surface area contributed by atoms with Crippen LogP contribution < -0.4 is 11.1 Å². The molecule has 1 aromatic heterocycles. The third kappa shape index (κ3) is 2.84. The molecule has 1 heterocycles. The fourth-order valence-corrected chi connectivity index (χ4v) is 1.34. The summed E-state index contributed by atoms with van der Waals surface area (Å²) in [4.78, 5) is 8.08. The molecule has 0 aliphatic heterocycles. The number of nitrogens with zero attached hydrogens (tertiary/aromatic N) is 2. The van der Waals surface area contributed by atoms with E-state index in [0.29, 0.717) is 18.2 Å². The van der Waals surface area contributed by atoms with E-state index in [9.17, 15) is 0 Å². The summed E-state index contributed by atoms with van der Waals surface area (Å²) in [6.07, 6.45) is 3.13. The van der Waals surface area contributed by atoms with Crippen molar-refractivity contribution in [3.05, 3.63) is 47.2 Å². The quantitative estimate of drug-likeness (QED) is 0.856. The second-order valence-corrected chi connectivity index (χ2v) is 3.76. The lowest BCUT2D eigenvalue weighted by atomic mass is 10.2. The Bertz CT molecular complexity index is 407. The first-order chi connectivity index (χ1) is 7.74. The van der Waals surface area contributed by atoms with Crippen LogP contribution in [0.1, 0.15) is 5.56 Å².